The summed E-state index contributed by atoms with van der Waals surface area (Å²) in [6.45, 7) is 2.47. The van der Waals surface area contributed by atoms with Gasteiger partial charge in [0.25, 0.3) is 5.91 Å². The Morgan fingerprint density at radius 2 is 1.68 bits per heavy atom. The van der Waals surface area contributed by atoms with Crippen LogP contribution in [0.15, 0.2) is 65.9 Å². The monoisotopic (exact) mass is 379 g/mol. The van der Waals surface area contributed by atoms with Gasteiger partial charge in [0.2, 0.25) is 0 Å². The van der Waals surface area contributed by atoms with Crippen molar-refractivity contribution in [3.8, 4) is 5.75 Å². The van der Waals surface area contributed by atoms with Crippen LogP contribution in [0.5, 0.6) is 5.75 Å². The highest BCUT2D eigenvalue weighted by Gasteiger charge is 2.23. The third-order valence-corrected chi connectivity index (χ3v) is 4.62. The Labute approximate surface area is 165 Å². The van der Waals surface area contributed by atoms with Crippen LogP contribution in [0.25, 0.3) is 0 Å². The van der Waals surface area contributed by atoms with Crippen molar-refractivity contribution < 1.29 is 19.1 Å². The summed E-state index contributed by atoms with van der Waals surface area (Å²) >= 11 is 0. The zero-order valence-electron chi connectivity index (χ0n) is 16.1. The van der Waals surface area contributed by atoms with Crippen molar-refractivity contribution in [1.82, 2.24) is 5.32 Å². The van der Waals surface area contributed by atoms with E-state index in [0.29, 0.717) is 48.6 Å². The number of rotatable bonds is 7. The van der Waals surface area contributed by atoms with E-state index >= 15 is 0 Å². The van der Waals surface area contributed by atoms with Crippen molar-refractivity contribution in [3.63, 3.8) is 0 Å². The highest BCUT2D eigenvalue weighted by atomic mass is 16.5. The number of allylic oxidation sites excluding steroid dienone is 1. The molecule has 146 valence electrons. The number of para-hydroxylation sites is 1. The molecule has 0 heterocycles. The molecule has 2 aromatic carbocycles. The molecule has 0 fully saturated rings. The van der Waals surface area contributed by atoms with E-state index in [4.69, 9.17) is 9.47 Å². The first-order valence-electron chi connectivity index (χ1n) is 9.65. The third kappa shape index (κ3) is 5.00. The van der Waals surface area contributed by atoms with Gasteiger partial charge in [-0.05, 0) is 50.3 Å². The molecule has 0 saturated carbocycles. The van der Waals surface area contributed by atoms with Gasteiger partial charge in [0.15, 0.2) is 0 Å². The fourth-order valence-electron chi connectivity index (χ4n) is 3.21. The van der Waals surface area contributed by atoms with E-state index in [9.17, 15) is 9.59 Å². The highest BCUT2D eigenvalue weighted by Crippen LogP contribution is 2.26. The number of nitrogens with one attached hydrogen (secondary N) is 1. The molecule has 1 aliphatic rings. The average molecular weight is 379 g/mol. The highest BCUT2D eigenvalue weighted by molar-refractivity contribution is 5.99. The summed E-state index contributed by atoms with van der Waals surface area (Å²) in [5.41, 5.74) is 2.70. The molecule has 28 heavy (non-hydrogen) atoms. The summed E-state index contributed by atoms with van der Waals surface area (Å²) in [5, 5.41) is 2.92. The number of ether oxygens (including phenoxy) is 2. The Morgan fingerprint density at radius 3 is 2.46 bits per heavy atom. The first-order valence-corrected chi connectivity index (χ1v) is 9.65. The van der Waals surface area contributed by atoms with E-state index < -0.39 is 0 Å². The molecule has 0 atom stereocenters. The number of hydrogen-bond acceptors (Lipinski definition) is 4. The molecule has 1 aliphatic carbocycles. The van der Waals surface area contributed by atoms with E-state index in [0.717, 1.165) is 18.4 Å². The van der Waals surface area contributed by atoms with Crippen molar-refractivity contribution in [2.75, 3.05) is 6.61 Å². The zero-order valence-corrected chi connectivity index (χ0v) is 16.1. The van der Waals surface area contributed by atoms with Gasteiger partial charge in [-0.3, -0.25) is 4.79 Å². The summed E-state index contributed by atoms with van der Waals surface area (Å²) < 4.78 is 11.0. The molecule has 0 bridgehead atoms. The zero-order chi connectivity index (χ0) is 19.8. The Bertz CT molecular complexity index is 858. The van der Waals surface area contributed by atoms with Gasteiger partial charge in [0.1, 0.15) is 12.4 Å². The topological polar surface area (TPSA) is 64.6 Å². The molecule has 5 heteroatoms. The molecule has 1 N–H and O–H groups in total. The summed E-state index contributed by atoms with van der Waals surface area (Å²) in [6.07, 6.45) is 3.14. The second-order valence-corrected chi connectivity index (χ2v) is 6.61. The van der Waals surface area contributed by atoms with Crippen LogP contribution in [0.4, 0.5) is 0 Å². The quantitative estimate of drug-likeness (QED) is 0.725. The predicted octanol–water partition coefficient (Wildman–Crippen LogP) is 4.39. The van der Waals surface area contributed by atoms with Crippen molar-refractivity contribution in [2.45, 2.75) is 39.2 Å². The first-order chi connectivity index (χ1) is 13.7. The van der Waals surface area contributed by atoms with E-state index in [1.807, 2.05) is 36.4 Å². The molecule has 5 nitrogen and oxygen atoms in total. The van der Waals surface area contributed by atoms with Gasteiger partial charge in [-0.25, -0.2) is 4.79 Å². The third-order valence-electron chi connectivity index (χ3n) is 4.62. The largest absolute Gasteiger partial charge is 0.488 e. The van der Waals surface area contributed by atoms with Crippen molar-refractivity contribution in [2.24, 2.45) is 0 Å². The summed E-state index contributed by atoms with van der Waals surface area (Å²) in [5.74, 6) is -0.105. The molecule has 1 amide bonds. The molecular formula is C23H25NO4. The molecular weight excluding hydrogens is 354 g/mol. The van der Waals surface area contributed by atoms with Gasteiger partial charge in [-0.1, -0.05) is 42.5 Å². The van der Waals surface area contributed by atoms with Crippen molar-refractivity contribution in [1.29, 1.82) is 0 Å². The summed E-state index contributed by atoms with van der Waals surface area (Å²) in [7, 11) is 0. The minimum atomic E-state index is -0.342. The van der Waals surface area contributed by atoms with Gasteiger partial charge in [-0.15, -0.1) is 0 Å². The Balaban J connectivity index is 1.76. The molecule has 3 rings (SSSR count). The summed E-state index contributed by atoms with van der Waals surface area (Å²) in [6, 6.07) is 16.9. The van der Waals surface area contributed by atoms with Crippen LogP contribution >= 0.6 is 0 Å². The summed E-state index contributed by atoms with van der Waals surface area (Å²) in [4.78, 5) is 25.1. The lowest BCUT2D eigenvalue weighted by molar-refractivity contribution is -0.138. The van der Waals surface area contributed by atoms with Gasteiger partial charge >= 0.3 is 5.97 Å². The van der Waals surface area contributed by atoms with Crippen LogP contribution in [-0.2, 0) is 16.1 Å². The standard InChI is InChI=1S/C23H25NO4/c1-2-27-23(26)18-12-6-8-14-20(18)24-22(25)19-13-7-9-15-21(19)28-16-17-10-4-3-5-11-17/h3-5,7,9-11,13,15H,2,6,8,12,14,16H2,1H3,(H,24,25). The maximum Gasteiger partial charge on any atom is 0.335 e. The lowest BCUT2D eigenvalue weighted by Crippen LogP contribution is -2.28. The van der Waals surface area contributed by atoms with Crippen LogP contribution in [0.3, 0.4) is 0 Å². The van der Waals surface area contributed by atoms with Crippen LogP contribution in [0.2, 0.25) is 0 Å². The Kier molecular flexibility index (Phi) is 6.84. The fraction of sp³-hybridized carbons (Fsp3) is 0.304. The molecule has 0 spiro atoms. The van der Waals surface area contributed by atoms with Crippen LogP contribution in [-0.4, -0.2) is 18.5 Å². The van der Waals surface area contributed by atoms with Crippen molar-refractivity contribution >= 4 is 11.9 Å². The van der Waals surface area contributed by atoms with Crippen LogP contribution in [0, 0.1) is 0 Å². The SMILES string of the molecule is CCOC(=O)C1=C(NC(=O)c2ccccc2OCc2ccccc2)CCCC1. The number of hydrogen-bond donors (Lipinski definition) is 1. The minimum absolute atomic E-state index is 0.276. The Morgan fingerprint density at radius 1 is 0.964 bits per heavy atom. The van der Waals surface area contributed by atoms with Gasteiger partial charge in [0, 0.05) is 5.70 Å². The predicted molar refractivity (Wildman–Crippen MR) is 107 cm³/mol. The molecule has 0 aliphatic heterocycles. The van der Waals surface area contributed by atoms with E-state index in [1.165, 1.54) is 0 Å². The molecule has 2 aromatic rings. The number of amides is 1. The molecule has 0 radical (unpaired) electrons. The normalized spacial score (nSPS) is 13.8. The lowest BCUT2D eigenvalue weighted by atomic mass is 9.96. The number of benzene rings is 2. The van der Waals surface area contributed by atoms with Gasteiger partial charge in [-0.2, -0.15) is 0 Å². The van der Waals surface area contributed by atoms with Crippen LogP contribution in [0.1, 0.15) is 48.5 Å². The maximum atomic E-state index is 12.9. The maximum absolute atomic E-state index is 12.9. The lowest BCUT2D eigenvalue weighted by Gasteiger charge is -2.20. The van der Waals surface area contributed by atoms with Crippen molar-refractivity contribution in [3.05, 3.63) is 77.0 Å². The number of esters is 1. The molecule has 0 unspecified atom stereocenters. The van der Waals surface area contributed by atoms with Crippen LogP contribution < -0.4 is 10.1 Å². The number of carbonyl (C=O) groups is 2. The fourth-order valence-corrected chi connectivity index (χ4v) is 3.21. The smallest absolute Gasteiger partial charge is 0.335 e. The van der Waals surface area contributed by atoms with Gasteiger partial charge < -0.3 is 14.8 Å². The second-order valence-electron chi connectivity index (χ2n) is 6.61. The van der Waals surface area contributed by atoms with E-state index in [1.54, 1.807) is 25.1 Å². The average Bonchev–Trinajstić information content (AvgIpc) is 2.73. The van der Waals surface area contributed by atoms with E-state index in [2.05, 4.69) is 5.32 Å². The second kappa shape index (κ2) is 9.74. The molecule has 0 aromatic heterocycles. The van der Waals surface area contributed by atoms with E-state index in [-0.39, 0.29) is 11.9 Å². The minimum Gasteiger partial charge on any atom is -0.488 e. The van der Waals surface area contributed by atoms with Gasteiger partial charge in [0.05, 0.1) is 17.7 Å². The number of carbonyl (C=O) groups excluding carboxylic acids is 2. The molecule has 0 saturated heterocycles. The first kappa shape index (κ1) is 19.7. The Hall–Kier alpha value is -3.08.